The number of carbonyl (C=O) groups excluding carboxylic acids is 1. The maximum atomic E-state index is 12.5. The molecule has 2 aromatic heterocycles. The molecule has 0 spiro atoms. The van der Waals surface area contributed by atoms with Crippen LogP contribution < -0.4 is 14.8 Å². The molecule has 4 aromatic rings. The molecule has 0 saturated carbocycles. The minimum atomic E-state index is -0.306. The van der Waals surface area contributed by atoms with E-state index in [1.807, 2.05) is 67.8 Å². The Hall–Kier alpha value is -3.11. The quantitative estimate of drug-likeness (QED) is 0.331. The highest BCUT2D eigenvalue weighted by Crippen LogP contribution is 2.29. The van der Waals surface area contributed by atoms with Gasteiger partial charge < -0.3 is 19.4 Å². The van der Waals surface area contributed by atoms with Crippen molar-refractivity contribution in [3.05, 3.63) is 53.9 Å². The summed E-state index contributed by atoms with van der Waals surface area (Å²) in [6, 6.07) is 13.4. The van der Waals surface area contributed by atoms with Crippen molar-refractivity contribution in [3.8, 4) is 11.5 Å². The van der Waals surface area contributed by atoms with E-state index in [1.54, 1.807) is 7.11 Å². The Morgan fingerprint density at radius 3 is 2.64 bits per heavy atom. The van der Waals surface area contributed by atoms with Gasteiger partial charge in [-0.25, -0.2) is 4.98 Å². The summed E-state index contributed by atoms with van der Waals surface area (Å²) in [5, 5.41) is 12.8. The van der Waals surface area contributed by atoms with Gasteiger partial charge >= 0.3 is 0 Å². The van der Waals surface area contributed by atoms with Crippen LogP contribution in [0.25, 0.3) is 10.2 Å². The number of benzene rings is 2. The van der Waals surface area contributed by atoms with Crippen LogP contribution in [-0.2, 0) is 11.3 Å². The molecule has 2 aromatic carbocycles. The Kier molecular flexibility index (Phi) is 7.14. The van der Waals surface area contributed by atoms with Crippen molar-refractivity contribution >= 4 is 44.4 Å². The second kappa shape index (κ2) is 10.2. The highest BCUT2D eigenvalue weighted by atomic mass is 32.2. The molecule has 172 valence electrons. The monoisotopic (exact) mass is 483 g/mol. The van der Waals surface area contributed by atoms with E-state index < -0.39 is 0 Å². The van der Waals surface area contributed by atoms with E-state index in [1.165, 1.54) is 23.1 Å². The highest BCUT2D eigenvalue weighted by molar-refractivity contribution is 7.99. The van der Waals surface area contributed by atoms with Crippen LogP contribution in [0.2, 0.25) is 0 Å². The fourth-order valence-electron chi connectivity index (χ4n) is 3.34. The molecule has 0 aliphatic heterocycles. The van der Waals surface area contributed by atoms with Gasteiger partial charge in [0.2, 0.25) is 5.91 Å². The average Bonchev–Trinajstić information content (AvgIpc) is 3.42. The van der Waals surface area contributed by atoms with Gasteiger partial charge in [-0.05, 0) is 56.7 Å². The first-order valence-electron chi connectivity index (χ1n) is 10.5. The zero-order chi connectivity index (χ0) is 23.4. The molecule has 1 N–H and O–H groups in total. The van der Waals surface area contributed by atoms with E-state index in [-0.39, 0.29) is 17.8 Å². The molecule has 33 heavy (non-hydrogen) atoms. The zero-order valence-corrected chi connectivity index (χ0v) is 20.5. The molecule has 1 amide bonds. The smallest absolute Gasteiger partial charge is 0.236 e. The molecule has 0 bridgehead atoms. The third kappa shape index (κ3) is 5.28. The van der Waals surface area contributed by atoms with E-state index >= 15 is 0 Å². The minimum absolute atomic E-state index is 0.133. The van der Waals surface area contributed by atoms with Gasteiger partial charge in [-0.2, -0.15) is 0 Å². The third-order valence-corrected chi connectivity index (χ3v) is 6.90. The standard InChI is InChI=1S/C23H25N5O3S2/c1-5-28-21(15(3)31-17-11-9-16(30-4)10-12-17)26-27-23(28)32-13-19(29)24-22-25-20-14(2)7-6-8-18(20)33-22/h6-12,15H,5,13H2,1-4H3,(H,24,25,29). The Morgan fingerprint density at radius 1 is 1.18 bits per heavy atom. The zero-order valence-electron chi connectivity index (χ0n) is 18.9. The number of rotatable bonds is 9. The van der Waals surface area contributed by atoms with Crippen LogP contribution in [-0.4, -0.2) is 38.5 Å². The van der Waals surface area contributed by atoms with Gasteiger partial charge in [-0.3, -0.25) is 4.79 Å². The molecular formula is C23H25N5O3S2. The predicted octanol–water partition coefficient (Wildman–Crippen LogP) is 5.10. The number of hydrogen-bond acceptors (Lipinski definition) is 8. The number of amides is 1. The molecule has 10 heteroatoms. The lowest BCUT2D eigenvalue weighted by Gasteiger charge is -2.15. The molecule has 0 aliphatic rings. The highest BCUT2D eigenvalue weighted by Gasteiger charge is 2.20. The van der Waals surface area contributed by atoms with E-state index in [4.69, 9.17) is 9.47 Å². The lowest BCUT2D eigenvalue weighted by atomic mass is 10.2. The second-order valence-corrected chi connectivity index (χ2v) is 9.27. The minimum Gasteiger partial charge on any atom is -0.497 e. The topological polar surface area (TPSA) is 91.2 Å². The van der Waals surface area contributed by atoms with Crippen molar-refractivity contribution in [1.82, 2.24) is 19.7 Å². The van der Waals surface area contributed by atoms with Crippen LogP contribution >= 0.6 is 23.1 Å². The number of carbonyl (C=O) groups is 1. The van der Waals surface area contributed by atoms with Crippen LogP contribution in [0.5, 0.6) is 11.5 Å². The van der Waals surface area contributed by atoms with Crippen molar-refractivity contribution in [1.29, 1.82) is 0 Å². The van der Waals surface area contributed by atoms with Gasteiger partial charge in [-0.15, -0.1) is 10.2 Å². The number of ether oxygens (including phenoxy) is 2. The van der Waals surface area contributed by atoms with Gasteiger partial charge in [0.15, 0.2) is 22.2 Å². The number of fused-ring (bicyclic) bond motifs is 1. The van der Waals surface area contributed by atoms with Gasteiger partial charge in [0.25, 0.3) is 0 Å². The van der Waals surface area contributed by atoms with Crippen LogP contribution in [0.3, 0.4) is 0 Å². The molecule has 1 atom stereocenters. The summed E-state index contributed by atoms with van der Waals surface area (Å²) >= 11 is 2.81. The van der Waals surface area contributed by atoms with Crippen molar-refractivity contribution in [2.75, 3.05) is 18.2 Å². The maximum absolute atomic E-state index is 12.5. The fraction of sp³-hybridized carbons (Fsp3) is 0.304. The number of aromatic nitrogens is 4. The van der Waals surface area contributed by atoms with E-state index in [0.717, 1.165) is 21.5 Å². The maximum Gasteiger partial charge on any atom is 0.236 e. The summed E-state index contributed by atoms with van der Waals surface area (Å²) < 4.78 is 14.2. The average molecular weight is 484 g/mol. The first-order chi connectivity index (χ1) is 16.0. The van der Waals surface area contributed by atoms with Crippen LogP contribution in [0.15, 0.2) is 47.6 Å². The molecule has 0 saturated heterocycles. The third-order valence-electron chi connectivity index (χ3n) is 5.00. The van der Waals surface area contributed by atoms with Gasteiger partial charge in [0.05, 0.1) is 23.1 Å². The first-order valence-corrected chi connectivity index (χ1v) is 12.3. The number of thioether (sulfide) groups is 1. The molecule has 8 nitrogen and oxygen atoms in total. The van der Waals surface area contributed by atoms with Crippen molar-refractivity contribution in [2.24, 2.45) is 0 Å². The van der Waals surface area contributed by atoms with Crippen molar-refractivity contribution in [2.45, 2.75) is 38.6 Å². The molecule has 0 radical (unpaired) electrons. The number of anilines is 1. The Labute approximate surface area is 200 Å². The first kappa shape index (κ1) is 23.1. The number of nitrogens with one attached hydrogen (secondary N) is 1. The predicted molar refractivity (Wildman–Crippen MR) is 131 cm³/mol. The number of nitrogens with zero attached hydrogens (tertiary/aromatic N) is 4. The molecule has 0 fully saturated rings. The number of methoxy groups -OCH3 is 1. The lowest BCUT2D eigenvalue weighted by Crippen LogP contribution is -2.15. The molecule has 4 rings (SSSR count). The number of hydrogen-bond donors (Lipinski definition) is 1. The summed E-state index contributed by atoms with van der Waals surface area (Å²) in [4.78, 5) is 17.1. The van der Waals surface area contributed by atoms with Crippen LogP contribution in [0.4, 0.5) is 5.13 Å². The summed E-state index contributed by atoms with van der Waals surface area (Å²) in [6.45, 7) is 6.62. The van der Waals surface area contributed by atoms with Crippen LogP contribution in [0.1, 0.15) is 31.3 Å². The summed E-state index contributed by atoms with van der Waals surface area (Å²) in [5.41, 5.74) is 2.01. The second-order valence-electron chi connectivity index (χ2n) is 7.30. The lowest BCUT2D eigenvalue weighted by molar-refractivity contribution is -0.113. The Morgan fingerprint density at radius 2 is 1.94 bits per heavy atom. The molecule has 1 unspecified atom stereocenters. The summed E-state index contributed by atoms with van der Waals surface area (Å²) in [6.07, 6.45) is -0.306. The molecule has 2 heterocycles. The summed E-state index contributed by atoms with van der Waals surface area (Å²) in [7, 11) is 1.63. The largest absolute Gasteiger partial charge is 0.497 e. The Bertz CT molecular complexity index is 1250. The van der Waals surface area contributed by atoms with Gasteiger partial charge in [0, 0.05) is 6.54 Å². The van der Waals surface area contributed by atoms with E-state index in [2.05, 4.69) is 20.5 Å². The SMILES string of the molecule is CCn1c(SCC(=O)Nc2nc3c(C)cccc3s2)nnc1C(C)Oc1ccc(OC)cc1. The molecule has 0 aliphatic carbocycles. The fourth-order valence-corrected chi connectivity index (χ4v) is 5.11. The molecular weight excluding hydrogens is 458 g/mol. The van der Waals surface area contributed by atoms with Gasteiger partial charge in [-0.1, -0.05) is 35.2 Å². The normalized spacial score (nSPS) is 12.0. The van der Waals surface area contributed by atoms with Crippen molar-refractivity contribution < 1.29 is 14.3 Å². The number of para-hydroxylation sites is 1. The number of thiazole rings is 1. The van der Waals surface area contributed by atoms with Gasteiger partial charge in [0.1, 0.15) is 11.5 Å². The number of aryl methyl sites for hydroxylation is 1. The van der Waals surface area contributed by atoms with E-state index in [0.29, 0.717) is 28.4 Å². The Balaban J connectivity index is 1.38. The summed E-state index contributed by atoms with van der Waals surface area (Å²) in [5.74, 6) is 2.27. The van der Waals surface area contributed by atoms with E-state index in [9.17, 15) is 4.79 Å². The van der Waals surface area contributed by atoms with Crippen LogP contribution in [0, 0.1) is 6.92 Å². The van der Waals surface area contributed by atoms with Crippen molar-refractivity contribution in [3.63, 3.8) is 0 Å².